The minimum atomic E-state index is -0.143. The number of amides is 3. The van der Waals surface area contributed by atoms with Gasteiger partial charge in [0.25, 0.3) is 11.8 Å². The van der Waals surface area contributed by atoms with E-state index in [4.69, 9.17) is 0 Å². The molecular formula is C41H40N4O3. The minimum Gasteiger partial charge on any atom is -0.347 e. The van der Waals surface area contributed by atoms with Crippen LogP contribution in [-0.4, -0.2) is 44.7 Å². The Hall–Kier alpha value is -5.43. The molecule has 0 radical (unpaired) electrons. The van der Waals surface area contributed by atoms with Crippen molar-refractivity contribution < 1.29 is 14.4 Å². The lowest BCUT2D eigenvalue weighted by Gasteiger charge is -2.36. The third kappa shape index (κ3) is 5.59. The van der Waals surface area contributed by atoms with Crippen LogP contribution in [0.5, 0.6) is 0 Å². The Morgan fingerprint density at radius 2 is 1.35 bits per heavy atom. The quantitative estimate of drug-likeness (QED) is 0.201. The van der Waals surface area contributed by atoms with Gasteiger partial charge in [-0.3, -0.25) is 19.3 Å². The number of para-hydroxylation sites is 2. The average Bonchev–Trinajstić information content (AvgIpc) is 3.41. The molecule has 7 nitrogen and oxygen atoms in total. The molecule has 7 rings (SSSR count). The molecule has 5 aromatic rings. The molecule has 1 atom stereocenters. The first-order valence-electron chi connectivity index (χ1n) is 16.6. The molecule has 0 aliphatic carbocycles. The van der Waals surface area contributed by atoms with Crippen LogP contribution in [0, 0.1) is 6.92 Å². The molecule has 7 heteroatoms. The molecule has 48 heavy (non-hydrogen) atoms. The number of rotatable bonds is 5. The van der Waals surface area contributed by atoms with Gasteiger partial charge in [-0.15, -0.1) is 0 Å². The first kappa shape index (κ1) is 31.2. The van der Waals surface area contributed by atoms with E-state index < -0.39 is 0 Å². The first-order valence-corrected chi connectivity index (χ1v) is 16.6. The highest BCUT2D eigenvalue weighted by atomic mass is 16.2. The van der Waals surface area contributed by atoms with E-state index in [2.05, 4.69) is 31.2 Å². The Morgan fingerprint density at radius 3 is 2.00 bits per heavy atom. The number of carbonyl (C=O) groups is 3. The summed E-state index contributed by atoms with van der Waals surface area (Å²) in [5, 5.41) is 0. The molecule has 0 spiro atoms. The van der Waals surface area contributed by atoms with Gasteiger partial charge in [-0.25, -0.2) is 0 Å². The summed E-state index contributed by atoms with van der Waals surface area (Å²) in [7, 11) is 1.96. The second-order valence-corrected chi connectivity index (χ2v) is 13.0. The van der Waals surface area contributed by atoms with E-state index in [0.717, 1.165) is 51.4 Å². The lowest BCUT2D eigenvalue weighted by Crippen LogP contribution is -2.43. The van der Waals surface area contributed by atoms with Crippen molar-refractivity contribution in [2.75, 3.05) is 11.4 Å². The molecule has 2 aliphatic heterocycles. The van der Waals surface area contributed by atoms with Crippen LogP contribution < -0.4 is 4.90 Å². The molecule has 0 N–H and O–H groups in total. The van der Waals surface area contributed by atoms with E-state index in [9.17, 15) is 14.4 Å². The van der Waals surface area contributed by atoms with Gasteiger partial charge in [0.1, 0.15) is 0 Å². The van der Waals surface area contributed by atoms with Crippen molar-refractivity contribution in [3.05, 3.63) is 142 Å². The summed E-state index contributed by atoms with van der Waals surface area (Å²) in [5.74, 6) is -0.158. The average molecular weight is 637 g/mol. The fourth-order valence-corrected chi connectivity index (χ4v) is 7.20. The zero-order chi connectivity index (χ0) is 33.5. The van der Waals surface area contributed by atoms with Crippen molar-refractivity contribution in [2.45, 2.75) is 52.7 Å². The minimum absolute atomic E-state index is 0.0163. The topological polar surface area (TPSA) is 65.9 Å². The van der Waals surface area contributed by atoms with Crippen molar-refractivity contribution in [3.63, 3.8) is 0 Å². The van der Waals surface area contributed by atoms with Gasteiger partial charge in [-0.1, -0.05) is 60.7 Å². The SMILES string of the molecule is CC(=O)N1CCc2cc(-c3cc(C(=O)N(c4ccccc4)c4ccccc4)c(C)n3C)c(C(=O)N3Cc4ccccc4C[C@H]3C)cc2C1. The van der Waals surface area contributed by atoms with E-state index in [1.54, 1.807) is 11.8 Å². The van der Waals surface area contributed by atoms with Crippen molar-refractivity contribution in [1.29, 1.82) is 0 Å². The monoisotopic (exact) mass is 636 g/mol. The van der Waals surface area contributed by atoms with E-state index in [1.165, 1.54) is 5.56 Å². The summed E-state index contributed by atoms with van der Waals surface area (Å²) in [6, 6.07) is 33.8. The van der Waals surface area contributed by atoms with Gasteiger partial charge in [0.15, 0.2) is 0 Å². The number of hydrogen-bond acceptors (Lipinski definition) is 3. The third-order valence-electron chi connectivity index (χ3n) is 10.1. The normalized spacial score (nSPS) is 15.5. The predicted molar refractivity (Wildman–Crippen MR) is 189 cm³/mol. The Balaban J connectivity index is 1.34. The van der Waals surface area contributed by atoms with Gasteiger partial charge >= 0.3 is 0 Å². The van der Waals surface area contributed by atoms with E-state index >= 15 is 0 Å². The first-order chi connectivity index (χ1) is 23.2. The Labute approximate surface area is 282 Å². The van der Waals surface area contributed by atoms with E-state index in [0.29, 0.717) is 37.2 Å². The zero-order valence-corrected chi connectivity index (χ0v) is 27.9. The third-order valence-corrected chi connectivity index (χ3v) is 10.1. The number of benzene rings is 4. The van der Waals surface area contributed by atoms with Crippen molar-refractivity contribution >= 4 is 29.1 Å². The van der Waals surface area contributed by atoms with Gasteiger partial charge in [0, 0.05) is 73.5 Å². The van der Waals surface area contributed by atoms with Crippen LogP contribution in [0.4, 0.5) is 11.4 Å². The summed E-state index contributed by atoms with van der Waals surface area (Å²) in [4.78, 5) is 47.1. The van der Waals surface area contributed by atoms with Crippen LogP contribution in [0.1, 0.15) is 62.5 Å². The molecule has 0 unspecified atom stereocenters. The van der Waals surface area contributed by atoms with Crippen molar-refractivity contribution in [3.8, 4) is 11.3 Å². The van der Waals surface area contributed by atoms with Gasteiger partial charge in [0.05, 0.1) is 5.56 Å². The standard InChI is InChI=1S/C41H40N4O3/c1-27-21-30-13-11-12-14-32(30)26-44(27)40(47)38-23-33-25-43(29(3)46)20-19-31(33)22-37(38)39-24-36(28(2)42(39)4)41(48)45(34-15-7-5-8-16-34)35-17-9-6-10-18-35/h5-18,22-24,27H,19-21,25-26H2,1-4H3/t27-/m1/s1. The maximum atomic E-state index is 14.7. The molecule has 242 valence electrons. The van der Waals surface area contributed by atoms with E-state index in [-0.39, 0.29) is 23.8 Å². The van der Waals surface area contributed by atoms with Crippen LogP contribution in [0.2, 0.25) is 0 Å². The lowest BCUT2D eigenvalue weighted by molar-refractivity contribution is -0.129. The molecule has 0 saturated heterocycles. The number of hydrogen-bond donors (Lipinski definition) is 0. The number of fused-ring (bicyclic) bond motifs is 2. The van der Waals surface area contributed by atoms with Crippen LogP contribution >= 0.6 is 0 Å². The van der Waals surface area contributed by atoms with Crippen molar-refractivity contribution in [2.24, 2.45) is 7.05 Å². The smallest absolute Gasteiger partial charge is 0.264 e. The Kier molecular flexibility index (Phi) is 8.21. The van der Waals surface area contributed by atoms with Crippen LogP contribution in [0.15, 0.2) is 103 Å². The summed E-state index contributed by atoms with van der Waals surface area (Å²) in [6.45, 7) is 7.30. The number of nitrogens with zero attached hydrogens (tertiary/aromatic N) is 4. The largest absolute Gasteiger partial charge is 0.347 e. The van der Waals surface area contributed by atoms with Crippen molar-refractivity contribution in [1.82, 2.24) is 14.4 Å². The highest BCUT2D eigenvalue weighted by Gasteiger charge is 2.32. The van der Waals surface area contributed by atoms with Crippen LogP contribution in [-0.2, 0) is 37.8 Å². The summed E-state index contributed by atoms with van der Waals surface area (Å²) in [6.07, 6.45) is 1.49. The molecule has 0 bridgehead atoms. The fourth-order valence-electron chi connectivity index (χ4n) is 7.20. The molecular weight excluding hydrogens is 596 g/mol. The Morgan fingerprint density at radius 1 is 0.729 bits per heavy atom. The van der Waals surface area contributed by atoms with Gasteiger partial charge in [-0.2, -0.15) is 0 Å². The number of carbonyl (C=O) groups excluding carboxylic acids is 3. The van der Waals surface area contributed by atoms with E-state index in [1.807, 2.05) is 107 Å². The molecule has 1 aromatic heterocycles. The maximum absolute atomic E-state index is 14.7. The van der Waals surface area contributed by atoms with Gasteiger partial charge in [-0.05, 0) is 91.4 Å². The highest BCUT2D eigenvalue weighted by molar-refractivity contribution is 6.12. The van der Waals surface area contributed by atoms with Crippen LogP contribution in [0.3, 0.4) is 0 Å². The Bertz CT molecular complexity index is 1990. The summed E-state index contributed by atoms with van der Waals surface area (Å²) >= 11 is 0. The highest BCUT2D eigenvalue weighted by Crippen LogP contribution is 2.36. The summed E-state index contributed by atoms with van der Waals surface area (Å²) in [5.41, 5.74) is 9.69. The summed E-state index contributed by atoms with van der Waals surface area (Å²) < 4.78 is 2.03. The molecule has 3 amide bonds. The molecule has 0 fully saturated rings. The number of aromatic nitrogens is 1. The molecule has 4 aromatic carbocycles. The molecule has 0 saturated carbocycles. The maximum Gasteiger partial charge on any atom is 0.264 e. The second kappa shape index (κ2) is 12.6. The van der Waals surface area contributed by atoms with Gasteiger partial charge in [0.2, 0.25) is 5.91 Å². The van der Waals surface area contributed by atoms with Gasteiger partial charge < -0.3 is 14.4 Å². The second-order valence-electron chi connectivity index (χ2n) is 13.0. The predicted octanol–water partition coefficient (Wildman–Crippen LogP) is 7.47. The molecule has 2 aliphatic rings. The fraction of sp³-hybridized carbons (Fsp3) is 0.244. The zero-order valence-electron chi connectivity index (χ0n) is 27.9. The molecule has 3 heterocycles. The van der Waals surface area contributed by atoms with Crippen LogP contribution in [0.25, 0.3) is 11.3 Å². The number of anilines is 2. The lowest BCUT2D eigenvalue weighted by atomic mass is 9.89.